The summed E-state index contributed by atoms with van der Waals surface area (Å²) in [5.74, 6) is 0.429. The van der Waals surface area contributed by atoms with E-state index in [2.05, 4.69) is 20.0 Å². The van der Waals surface area contributed by atoms with Crippen molar-refractivity contribution in [3.63, 3.8) is 0 Å². The fraction of sp³-hybridized carbons (Fsp3) is 0.400. The highest BCUT2D eigenvalue weighted by molar-refractivity contribution is 6.05. The molecule has 0 aliphatic carbocycles. The Kier molecular flexibility index (Phi) is 4.85. The molecule has 0 spiro atoms. The van der Waals surface area contributed by atoms with Crippen molar-refractivity contribution in [2.24, 2.45) is 7.05 Å². The van der Waals surface area contributed by atoms with E-state index in [1.165, 1.54) is 0 Å². The van der Waals surface area contributed by atoms with Crippen molar-refractivity contribution in [3.8, 4) is 5.75 Å². The van der Waals surface area contributed by atoms with Gasteiger partial charge in [-0.25, -0.2) is 9.78 Å². The number of pyridine rings is 2. The lowest BCUT2D eigenvalue weighted by Gasteiger charge is -2.22. The molecular formula is C20H23N5O3. The van der Waals surface area contributed by atoms with Gasteiger partial charge in [0, 0.05) is 38.6 Å². The number of anilines is 1. The van der Waals surface area contributed by atoms with E-state index >= 15 is 0 Å². The number of aryl methyl sites for hydroxylation is 2. The third-order valence-corrected chi connectivity index (χ3v) is 4.91. The van der Waals surface area contributed by atoms with E-state index in [1.807, 2.05) is 26.1 Å². The first-order valence-electron chi connectivity index (χ1n) is 9.39. The number of hydrogen-bond donors (Lipinski definition) is 0. The van der Waals surface area contributed by atoms with Gasteiger partial charge >= 0.3 is 5.97 Å². The van der Waals surface area contributed by atoms with Crippen LogP contribution in [-0.4, -0.2) is 51.5 Å². The first kappa shape index (κ1) is 18.2. The summed E-state index contributed by atoms with van der Waals surface area (Å²) in [6.45, 7) is 5.49. The Hall–Kier alpha value is -3.16. The molecule has 1 aliphatic heterocycles. The monoisotopic (exact) mass is 381 g/mol. The average Bonchev–Trinajstić information content (AvgIpc) is 3.26. The zero-order chi connectivity index (χ0) is 19.7. The lowest BCUT2D eigenvalue weighted by molar-refractivity contribution is 0.0526. The van der Waals surface area contributed by atoms with Crippen LogP contribution in [0, 0.1) is 6.92 Å². The van der Waals surface area contributed by atoms with Gasteiger partial charge in [-0.1, -0.05) is 0 Å². The molecule has 1 atom stereocenters. The second kappa shape index (κ2) is 7.46. The molecule has 0 amide bonds. The van der Waals surface area contributed by atoms with Crippen LogP contribution in [0.15, 0.2) is 30.7 Å². The molecule has 8 heteroatoms. The van der Waals surface area contributed by atoms with E-state index in [0.717, 1.165) is 41.1 Å². The van der Waals surface area contributed by atoms with Gasteiger partial charge < -0.3 is 14.4 Å². The van der Waals surface area contributed by atoms with Crippen molar-refractivity contribution in [2.45, 2.75) is 26.4 Å². The maximum Gasteiger partial charge on any atom is 0.341 e. The summed E-state index contributed by atoms with van der Waals surface area (Å²) < 4.78 is 13.1. The molecule has 1 aliphatic rings. The van der Waals surface area contributed by atoms with Crippen LogP contribution in [0.3, 0.4) is 0 Å². The topological polar surface area (TPSA) is 82.4 Å². The number of carbonyl (C=O) groups is 1. The van der Waals surface area contributed by atoms with E-state index in [4.69, 9.17) is 9.47 Å². The first-order chi connectivity index (χ1) is 13.6. The summed E-state index contributed by atoms with van der Waals surface area (Å²) >= 11 is 0. The van der Waals surface area contributed by atoms with Crippen LogP contribution in [-0.2, 0) is 11.8 Å². The summed E-state index contributed by atoms with van der Waals surface area (Å²) in [5.41, 5.74) is 2.88. The van der Waals surface area contributed by atoms with Crippen LogP contribution >= 0.6 is 0 Å². The average molecular weight is 381 g/mol. The molecule has 0 N–H and O–H groups in total. The summed E-state index contributed by atoms with van der Waals surface area (Å²) in [6, 6.07) is 3.70. The molecular weight excluding hydrogens is 358 g/mol. The van der Waals surface area contributed by atoms with Gasteiger partial charge in [0.1, 0.15) is 17.4 Å². The zero-order valence-corrected chi connectivity index (χ0v) is 16.3. The molecule has 146 valence electrons. The Bertz CT molecular complexity index is 1000. The largest absolute Gasteiger partial charge is 0.488 e. The van der Waals surface area contributed by atoms with Gasteiger partial charge in [0.2, 0.25) is 0 Å². The number of carbonyl (C=O) groups excluding carboxylic acids is 1. The predicted octanol–water partition coefficient (Wildman–Crippen LogP) is 2.51. The summed E-state index contributed by atoms with van der Waals surface area (Å²) in [7, 11) is 1.86. The molecule has 1 fully saturated rings. The van der Waals surface area contributed by atoms with Gasteiger partial charge in [0.25, 0.3) is 0 Å². The zero-order valence-electron chi connectivity index (χ0n) is 16.3. The standard InChI is InChI=1S/C20H23N5O3/c1-4-27-20(26)16-11-22-19-17(13(2)23-24(19)3)18(16)25-10-7-15(12-25)28-14-5-8-21-9-6-14/h5-6,8-9,11,15H,4,7,10,12H2,1-3H3. The number of aromatic nitrogens is 4. The summed E-state index contributed by atoms with van der Waals surface area (Å²) in [4.78, 5) is 23.3. The van der Waals surface area contributed by atoms with Gasteiger partial charge in [-0.05, 0) is 26.0 Å². The van der Waals surface area contributed by atoms with Crippen LogP contribution in [0.2, 0.25) is 0 Å². The molecule has 3 aromatic rings. The van der Waals surface area contributed by atoms with Crippen molar-refractivity contribution in [2.75, 3.05) is 24.6 Å². The van der Waals surface area contributed by atoms with Crippen molar-refractivity contribution in [1.82, 2.24) is 19.7 Å². The number of rotatable bonds is 5. The van der Waals surface area contributed by atoms with E-state index in [0.29, 0.717) is 18.7 Å². The fourth-order valence-electron chi connectivity index (χ4n) is 3.72. The SMILES string of the molecule is CCOC(=O)c1cnc2c(c(C)nn2C)c1N1CCC(Oc2ccncc2)C1. The van der Waals surface area contributed by atoms with Crippen LogP contribution in [0.4, 0.5) is 5.69 Å². The molecule has 3 aromatic heterocycles. The molecule has 28 heavy (non-hydrogen) atoms. The van der Waals surface area contributed by atoms with Gasteiger partial charge in [-0.2, -0.15) is 5.10 Å². The number of ether oxygens (including phenoxy) is 2. The molecule has 8 nitrogen and oxygen atoms in total. The second-order valence-electron chi connectivity index (χ2n) is 6.81. The van der Waals surface area contributed by atoms with Crippen molar-refractivity contribution >= 4 is 22.7 Å². The lowest BCUT2D eigenvalue weighted by Crippen LogP contribution is -2.26. The molecule has 1 unspecified atom stereocenters. The number of hydrogen-bond acceptors (Lipinski definition) is 7. The van der Waals surface area contributed by atoms with Crippen LogP contribution in [0.25, 0.3) is 11.0 Å². The second-order valence-corrected chi connectivity index (χ2v) is 6.81. The number of nitrogens with zero attached hydrogens (tertiary/aromatic N) is 5. The Morgan fingerprint density at radius 2 is 2.11 bits per heavy atom. The maximum atomic E-state index is 12.6. The summed E-state index contributed by atoms with van der Waals surface area (Å²) in [5, 5.41) is 5.38. The molecule has 0 radical (unpaired) electrons. The van der Waals surface area contributed by atoms with Crippen molar-refractivity contribution in [1.29, 1.82) is 0 Å². The fourth-order valence-corrected chi connectivity index (χ4v) is 3.72. The molecule has 1 saturated heterocycles. The Labute approximate surface area is 163 Å². The third-order valence-electron chi connectivity index (χ3n) is 4.91. The minimum absolute atomic E-state index is 0.0256. The Morgan fingerprint density at radius 3 is 2.86 bits per heavy atom. The maximum absolute atomic E-state index is 12.6. The van der Waals surface area contributed by atoms with Crippen LogP contribution < -0.4 is 9.64 Å². The third kappa shape index (κ3) is 3.26. The smallest absolute Gasteiger partial charge is 0.341 e. The Balaban J connectivity index is 1.70. The highest BCUT2D eigenvalue weighted by Gasteiger charge is 2.31. The molecule has 4 heterocycles. The highest BCUT2D eigenvalue weighted by Crippen LogP contribution is 2.35. The van der Waals surface area contributed by atoms with Gasteiger partial charge in [-0.3, -0.25) is 9.67 Å². The highest BCUT2D eigenvalue weighted by atomic mass is 16.5. The normalized spacial score (nSPS) is 16.5. The number of fused-ring (bicyclic) bond motifs is 1. The minimum atomic E-state index is -0.367. The lowest BCUT2D eigenvalue weighted by atomic mass is 10.1. The van der Waals surface area contributed by atoms with Crippen LogP contribution in [0.5, 0.6) is 5.75 Å². The molecule has 0 aromatic carbocycles. The number of esters is 1. The molecule has 4 rings (SSSR count). The van der Waals surface area contributed by atoms with Gasteiger partial charge in [0.15, 0.2) is 5.65 Å². The summed E-state index contributed by atoms with van der Waals surface area (Å²) in [6.07, 6.45) is 5.90. The quantitative estimate of drug-likeness (QED) is 0.628. The first-order valence-corrected chi connectivity index (χ1v) is 9.39. The van der Waals surface area contributed by atoms with Gasteiger partial charge in [-0.15, -0.1) is 0 Å². The Morgan fingerprint density at radius 1 is 1.32 bits per heavy atom. The minimum Gasteiger partial charge on any atom is -0.488 e. The van der Waals surface area contributed by atoms with Crippen LogP contribution in [0.1, 0.15) is 29.4 Å². The van der Waals surface area contributed by atoms with E-state index < -0.39 is 0 Å². The van der Waals surface area contributed by atoms with Gasteiger partial charge in [0.05, 0.1) is 29.9 Å². The van der Waals surface area contributed by atoms with E-state index in [-0.39, 0.29) is 12.1 Å². The predicted molar refractivity (Wildman–Crippen MR) is 105 cm³/mol. The van der Waals surface area contributed by atoms with Crippen molar-refractivity contribution in [3.05, 3.63) is 42.0 Å². The molecule has 0 saturated carbocycles. The molecule has 0 bridgehead atoms. The van der Waals surface area contributed by atoms with Crippen molar-refractivity contribution < 1.29 is 14.3 Å². The van der Waals surface area contributed by atoms with E-state index in [1.54, 1.807) is 30.2 Å². The van der Waals surface area contributed by atoms with E-state index in [9.17, 15) is 4.79 Å².